The fourth-order valence-corrected chi connectivity index (χ4v) is 6.82. The summed E-state index contributed by atoms with van der Waals surface area (Å²) >= 11 is 0. The maximum atomic E-state index is 13.1. The van der Waals surface area contributed by atoms with Gasteiger partial charge in [0.2, 0.25) is 0 Å². The van der Waals surface area contributed by atoms with E-state index >= 15 is 0 Å². The highest BCUT2D eigenvalue weighted by Gasteiger charge is 2.49. The molecule has 180 valence electrons. The second-order valence-corrected chi connectivity index (χ2v) is 13.3. The van der Waals surface area contributed by atoms with Gasteiger partial charge in [-0.25, -0.2) is 18.4 Å². The summed E-state index contributed by atoms with van der Waals surface area (Å²) in [6, 6.07) is 6.33. The van der Waals surface area contributed by atoms with Gasteiger partial charge < -0.3 is 4.90 Å². The Bertz CT molecular complexity index is 1270. The Labute approximate surface area is 204 Å². The first-order valence-corrected chi connectivity index (χ1v) is 13.6. The predicted octanol–water partition coefficient (Wildman–Crippen LogP) is 4.25. The molecular formula is C26H34N6OS. The van der Waals surface area contributed by atoms with E-state index in [0.717, 1.165) is 55.1 Å². The second-order valence-electron chi connectivity index (χ2n) is 11.3. The molecule has 7 nitrogen and oxygen atoms in total. The van der Waals surface area contributed by atoms with Crippen molar-refractivity contribution in [1.82, 2.24) is 24.3 Å². The van der Waals surface area contributed by atoms with E-state index in [1.54, 1.807) is 0 Å². The normalized spacial score (nSPS) is 22.9. The van der Waals surface area contributed by atoms with Crippen LogP contribution in [0.4, 0.5) is 5.82 Å². The van der Waals surface area contributed by atoms with Crippen molar-refractivity contribution in [2.45, 2.75) is 76.5 Å². The van der Waals surface area contributed by atoms with Gasteiger partial charge in [0, 0.05) is 30.9 Å². The molecule has 0 unspecified atom stereocenters. The lowest BCUT2D eigenvalue weighted by Gasteiger charge is -2.44. The average Bonchev–Trinajstić information content (AvgIpc) is 3.44. The predicted molar refractivity (Wildman–Crippen MR) is 135 cm³/mol. The zero-order chi connectivity index (χ0) is 23.7. The fraction of sp³-hybridized carbons (Fsp3) is 0.577. The van der Waals surface area contributed by atoms with E-state index in [1.165, 1.54) is 24.1 Å². The fourth-order valence-electron chi connectivity index (χ4n) is 5.88. The summed E-state index contributed by atoms with van der Waals surface area (Å²) in [5.74, 6) is 1.65. The minimum atomic E-state index is -1.14. The minimum absolute atomic E-state index is 0.0215. The van der Waals surface area contributed by atoms with Gasteiger partial charge >= 0.3 is 0 Å². The van der Waals surface area contributed by atoms with E-state index < -0.39 is 11.0 Å². The zero-order valence-corrected chi connectivity index (χ0v) is 21.4. The molecule has 1 saturated carbocycles. The Morgan fingerprint density at radius 1 is 1.15 bits per heavy atom. The molecule has 1 spiro atoms. The van der Waals surface area contributed by atoms with Crippen LogP contribution in [0.3, 0.4) is 0 Å². The minimum Gasteiger partial charge on any atom is -0.355 e. The SMILES string of the molecule is Cc1nc(N2CCC3(CC2)Cc2ncccc2[C@H]3N[S@](=O)C(C)(C)C)c2ccnn2c1C1CC1. The van der Waals surface area contributed by atoms with Crippen LogP contribution in [0.2, 0.25) is 0 Å². The van der Waals surface area contributed by atoms with Crippen molar-refractivity contribution in [2.75, 3.05) is 18.0 Å². The number of nitrogens with zero attached hydrogens (tertiary/aromatic N) is 5. The Morgan fingerprint density at radius 2 is 1.91 bits per heavy atom. The van der Waals surface area contributed by atoms with Crippen LogP contribution < -0.4 is 9.62 Å². The standard InChI is InChI=1S/C26H34N6OS/c1-17-22(18-7-8-18)32-21(9-13-28-32)24(29-17)31-14-10-26(11-15-31)16-20-19(6-5-12-27-20)23(26)30-34(33)25(2,3)4/h5-6,9,12-13,18,23,30H,7-8,10-11,14-16H2,1-4H3/t23-,34-/m1/s1. The molecule has 1 N–H and O–H groups in total. The largest absolute Gasteiger partial charge is 0.355 e. The molecule has 2 aliphatic carbocycles. The van der Waals surface area contributed by atoms with Crippen LogP contribution in [0, 0.1) is 12.3 Å². The number of anilines is 1. The molecule has 2 atom stereocenters. The molecule has 1 saturated heterocycles. The van der Waals surface area contributed by atoms with Gasteiger partial charge in [-0.1, -0.05) is 6.07 Å². The molecule has 3 aliphatic rings. The number of hydrogen-bond acceptors (Lipinski definition) is 5. The van der Waals surface area contributed by atoms with Crippen molar-refractivity contribution in [2.24, 2.45) is 5.41 Å². The van der Waals surface area contributed by atoms with E-state index in [2.05, 4.69) is 38.3 Å². The van der Waals surface area contributed by atoms with Gasteiger partial charge in [-0.2, -0.15) is 5.10 Å². The first-order valence-electron chi connectivity index (χ1n) is 12.5. The van der Waals surface area contributed by atoms with Crippen LogP contribution in [-0.4, -0.2) is 41.6 Å². The number of nitrogens with one attached hydrogen (secondary N) is 1. The summed E-state index contributed by atoms with van der Waals surface area (Å²) in [5, 5.41) is 4.66. The molecule has 0 amide bonds. The van der Waals surface area contributed by atoms with Gasteiger partial charge in [-0.3, -0.25) is 4.98 Å². The Balaban J connectivity index is 1.29. The Morgan fingerprint density at radius 3 is 2.62 bits per heavy atom. The third-order valence-electron chi connectivity index (χ3n) is 7.92. The van der Waals surface area contributed by atoms with Gasteiger partial charge in [0.05, 0.1) is 39.4 Å². The first kappa shape index (κ1) is 22.2. The van der Waals surface area contributed by atoms with Gasteiger partial charge in [0.25, 0.3) is 0 Å². The lowest BCUT2D eigenvalue weighted by molar-refractivity contribution is 0.177. The monoisotopic (exact) mass is 478 g/mol. The summed E-state index contributed by atoms with van der Waals surface area (Å²) in [6.07, 6.45) is 9.21. The molecule has 8 heteroatoms. The summed E-state index contributed by atoms with van der Waals surface area (Å²) in [6.45, 7) is 10.1. The topological polar surface area (TPSA) is 75.4 Å². The van der Waals surface area contributed by atoms with Crippen LogP contribution in [0.15, 0.2) is 30.6 Å². The number of pyridine rings is 1. The molecule has 0 radical (unpaired) electrons. The first-order chi connectivity index (χ1) is 16.3. The smallest absolute Gasteiger partial charge is 0.155 e. The zero-order valence-electron chi connectivity index (χ0n) is 20.5. The van der Waals surface area contributed by atoms with E-state index in [0.29, 0.717) is 5.92 Å². The summed E-state index contributed by atoms with van der Waals surface area (Å²) in [4.78, 5) is 12.2. The molecule has 34 heavy (non-hydrogen) atoms. The lowest BCUT2D eigenvalue weighted by Crippen LogP contribution is -2.48. The highest BCUT2D eigenvalue weighted by Crippen LogP contribution is 2.52. The van der Waals surface area contributed by atoms with Crippen LogP contribution in [-0.2, 0) is 17.4 Å². The van der Waals surface area contributed by atoms with Crippen molar-refractivity contribution in [3.8, 4) is 0 Å². The number of hydrogen-bond donors (Lipinski definition) is 1. The van der Waals surface area contributed by atoms with E-state index in [1.807, 2.05) is 39.2 Å². The van der Waals surface area contributed by atoms with Gasteiger partial charge in [-0.05, 0) is 82.9 Å². The number of piperidine rings is 1. The summed E-state index contributed by atoms with van der Waals surface area (Å²) in [7, 11) is -1.14. The number of fused-ring (bicyclic) bond motifs is 2. The number of aryl methyl sites for hydroxylation is 1. The molecule has 0 bridgehead atoms. The van der Waals surface area contributed by atoms with Crippen molar-refractivity contribution in [3.63, 3.8) is 0 Å². The summed E-state index contributed by atoms with van der Waals surface area (Å²) in [5.41, 5.74) is 5.89. The van der Waals surface area contributed by atoms with E-state index in [4.69, 9.17) is 9.97 Å². The van der Waals surface area contributed by atoms with Crippen molar-refractivity contribution >= 4 is 22.3 Å². The molecule has 3 aromatic rings. The van der Waals surface area contributed by atoms with E-state index in [-0.39, 0.29) is 16.2 Å². The highest BCUT2D eigenvalue weighted by atomic mass is 32.2. The Kier molecular flexibility index (Phi) is 5.12. The Hall–Kier alpha value is -2.32. The lowest BCUT2D eigenvalue weighted by atomic mass is 9.73. The molecule has 0 aromatic carbocycles. The molecule has 4 heterocycles. The van der Waals surface area contributed by atoms with Crippen molar-refractivity contribution in [3.05, 3.63) is 53.2 Å². The maximum Gasteiger partial charge on any atom is 0.155 e. The molecular weight excluding hydrogens is 444 g/mol. The number of rotatable bonds is 4. The van der Waals surface area contributed by atoms with Crippen LogP contribution in [0.25, 0.3) is 5.52 Å². The molecule has 6 rings (SSSR count). The van der Waals surface area contributed by atoms with Crippen LogP contribution >= 0.6 is 0 Å². The maximum absolute atomic E-state index is 13.1. The molecule has 3 aromatic heterocycles. The molecule has 2 fully saturated rings. The van der Waals surface area contributed by atoms with Gasteiger partial charge in [-0.15, -0.1) is 0 Å². The highest BCUT2D eigenvalue weighted by molar-refractivity contribution is 7.84. The summed E-state index contributed by atoms with van der Waals surface area (Å²) < 4.78 is 18.5. The van der Waals surface area contributed by atoms with Gasteiger partial charge in [0.15, 0.2) is 5.82 Å². The average molecular weight is 479 g/mol. The van der Waals surface area contributed by atoms with Crippen LogP contribution in [0.5, 0.6) is 0 Å². The van der Waals surface area contributed by atoms with E-state index in [9.17, 15) is 4.21 Å². The molecule has 1 aliphatic heterocycles. The third-order valence-corrected chi connectivity index (χ3v) is 9.48. The second kappa shape index (κ2) is 7.85. The van der Waals surface area contributed by atoms with Crippen LogP contribution in [0.1, 0.15) is 81.1 Å². The van der Waals surface area contributed by atoms with Crippen molar-refractivity contribution in [1.29, 1.82) is 0 Å². The van der Waals surface area contributed by atoms with Crippen molar-refractivity contribution < 1.29 is 4.21 Å². The third kappa shape index (κ3) is 3.57. The van der Waals surface area contributed by atoms with Gasteiger partial charge in [0.1, 0.15) is 5.52 Å². The number of aromatic nitrogens is 4. The quantitative estimate of drug-likeness (QED) is 0.607.